The highest BCUT2D eigenvalue weighted by molar-refractivity contribution is 5.81. The van der Waals surface area contributed by atoms with Crippen LogP contribution in [0, 0.1) is 17.8 Å². The highest BCUT2D eigenvalue weighted by atomic mass is 16.7. The molecule has 3 aliphatic carbocycles. The Morgan fingerprint density at radius 3 is 1.89 bits per heavy atom. The van der Waals surface area contributed by atoms with Crippen LogP contribution in [0.5, 0.6) is 0 Å². The summed E-state index contributed by atoms with van der Waals surface area (Å²) >= 11 is 0. The Bertz CT molecular complexity index is 1230. The van der Waals surface area contributed by atoms with E-state index in [1.807, 2.05) is 0 Å². The first-order valence-electron chi connectivity index (χ1n) is 19.3. The molecule has 3 aliphatic heterocycles. The van der Waals surface area contributed by atoms with E-state index in [1.165, 1.54) is 6.08 Å². The van der Waals surface area contributed by atoms with Crippen molar-refractivity contribution in [3.05, 3.63) is 12.2 Å². The van der Waals surface area contributed by atoms with Gasteiger partial charge in [0, 0.05) is 18.4 Å². The molecule has 6 aliphatic rings. The summed E-state index contributed by atoms with van der Waals surface area (Å²) in [6, 6.07) is 0. The van der Waals surface area contributed by atoms with Crippen LogP contribution in [0.3, 0.4) is 0 Å². The highest BCUT2D eigenvalue weighted by Crippen LogP contribution is 2.45. The second-order valence-electron chi connectivity index (χ2n) is 16.0. The van der Waals surface area contributed by atoms with Crippen molar-refractivity contribution in [1.29, 1.82) is 0 Å². The van der Waals surface area contributed by atoms with Crippen LogP contribution < -0.4 is 0 Å². The fourth-order valence-corrected chi connectivity index (χ4v) is 8.96. The minimum atomic E-state index is -1.74. The van der Waals surface area contributed by atoms with Crippen molar-refractivity contribution in [2.24, 2.45) is 17.8 Å². The normalized spacial score (nSPS) is 50.4. The van der Waals surface area contributed by atoms with Gasteiger partial charge in [-0.2, -0.15) is 0 Å². The summed E-state index contributed by atoms with van der Waals surface area (Å²) in [5, 5.41) is 114. The molecule has 0 bridgehead atoms. The van der Waals surface area contributed by atoms with E-state index >= 15 is 0 Å². The van der Waals surface area contributed by atoms with E-state index in [-0.39, 0.29) is 37.5 Å². The molecule has 18 nitrogen and oxygen atoms in total. The number of aliphatic hydroxyl groups excluding tert-OH is 11. The average Bonchev–Trinajstić information content (AvgIpc) is 3.15. The van der Waals surface area contributed by atoms with Gasteiger partial charge in [-0.3, -0.25) is 0 Å². The standard InChI is InChI=1S/C36H58O18/c37-13-25-28(43)30(45)32(47)35(53-25)51-23-11-18(39)10-22-19(23)12-24(34(50-22)16-3-5-17(38)6-4-16)52-36-33(48)31(46)29(44)26(54-36)14-49-27(42)8-2-15-1-7-20(40)21(41)9-15/h2,8,15-26,28-41,43-48H,1,3-7,9-14H2. The molecule has 18 heteroatoms. The smallest absolute Gasteiger partial charge is 0.330 e. The van der Waals surface area contributed by atoms with Crippen molar-refractivity contribution < 1.29 is 89.4 Å². The Kier molecular flexibility index (Phi) is 14.4. The number of fused-ring (bicyclic) bond motifs is 1. The van der Waals surface area contributed by atoms with E-state index in [0.717, 1.165) is 0 Å². The summed E-state index contributed by atoms with van der Waals surface area (Å²) in [5.74, 6) is -1.50. The minimum Gasteiger partial charge on any atom is -0.460 e. The van der Waals surface area contributed by atoms with Crippen LogP contribution in [0.4, 0.5) is 0 Å². The van der Waals surface area contributed by atoms with Crippen LogP contribution in [-0.2, 0) is 33.2 Å². The van der Waals surface area contributed by atoms with Gasteiger partial charge in [0.25, 0.3) is 0 Å². The summed E-state index contributed by atoms with van der Waals surface area (Å²) in [4.78, 5) is 12.6. The lowest BCUT2D eigenvalue weighted by molar-refractivity contribution is -0.344. The van der Waals surface area contributed by atoms with Crippen molar-refractivity contribution in [3.8, 4) is 0 Å². The number of allylic oxidation sites excluding steroid dienone is 1. The predicted molar refractivity (Wildman–Crippen MR) is 180 cm³/mol. The van der Waals surface area contributed by atoms with Gasteiger partial charge in [0.2, 0.25) is 0 Å². The zero-order valence-corrected chi connectivity index (χ0v) is 30.0. The zero-order chi connectivity index (χ0) is 38.8. The summed E-state index contributed by atoms with van der Waals surface area (Å²) in [7, 11) is 0. The SMILES string of the molecule is O=C(C=CC1CCC(O)C(O)C1)OCC1OC(OC2CC3C(OC4OC(CO)C(O)C(O)C4O)CC(O)CC3OC2C2CCC(O)CC2)C(O)C(O)C1O. The molecule has 19 atom stereocenters. The van der Waals surface area contributed by atoms with Crippen LogP contribution in [-0.4, -0.2) is 186 Å². The van der Waals surface area contributed by atoms with Crippen LogP contribution in [0.25, 0.3) is 0 Å². The summed E-state index contributed by atoms with van der Waals surface area (Å²) < 4.78 is 36.0. The largest absolute Gasteiger partial charge is 0.460 e. The van der Waals surface area contributed by atoms with E-state index in [0.29, 0.717) is 38.5 Å². The molecular formula is C36H58O18. The van der Waals surface area contributed by atoms with Crippen LogP contribution in [0.15, 0.2) is 12.2 Å². The topological polar surface area (TPSA) is 295 Å². The molecule has 310 valence electrons. The number of aliphatic hydroxyl groups is 11. The molecule has 19 unspecified atom stereocenters. The molecule has 0 aromatic heterocycles. The summed E-state index contributed by atoms with van der Waals surface area (Å²) in [5.41, 5.74) is 0. The lowest BCUT2D eigenvalue weighted by atomic mass is 9.73. The zero-order valence-electron chi connectivity index (χ0n) is 30.0. The van der Waals surface area contributed by atoms with Gasteiger partial charge >= 0.3 is 5.97 Å². The first-order valence-corrected chi connectivity index (χ1v) is 19.3. The van der Waals surface area contributed by atoms with Crippen molar-refractivity contribution in [2.45, 2.75) is 174 Å². The molecule has 0 aromatic carbocycles. The first kappa shape index (κ1) is 42.2. The quantitative estimate of drug-likeness (QED) is 0.0756. The number of ether oxygens (including phenoxy) is 6. The maximum absolute atomic E-state index is 12.6. The maximum atomic E-state index is 12.6. The van der Waals surface area contributed by atoms with Crippen LogP contribution in [0.2, 0.25) is 0 Å². The predicted octanol–water partition coefficient (Wildman–Crippen LogP) is -3.53. The number of hydrogen-bond acceptors (Lipinski definition) is 18. The number of hydrogen-bond donors (Lipinski definition) is 11. The Morgan fingerprint density at radius 2 is 1.24 bits per heavy atom. The molecule has 6 fully saturated rings. The van der Waals surface area contributed by atoms with E-state index in [2.05, 4.69) is 0 Å². The lowest BCUT2D eigenvalue weighted by Gasteiger charge is -2.52. The monoisotopic (exact) mass is 778 g/mol. The number of rotatable bonds is 10. The third-order valence-electron chi connectivity index (χ3n) is 12.2. The molecule has 3 saturated heterocycles. The molecule has 0 radical (unpaired) electrons. The molecule has 0 aromatic rings. The van der Waals surface area contributed by atoms with Gasteiger partial charge in [-0.25, -0.2) is 4.79 Å². The van der Waals surface area contributed by atoms with Crippen molar-refractivity contribution >= 4 is 5.97 Å². The Morgan fingerprint density at radius 1 is 0.611 bits per heavy atom. The van der Waals surface area contributed by atoms with Crippen LogP contribution >= 0.6 is 0 Å². The van der Waals surface area contributed by atoms with Gasteiger partial charge in [-0.1, -0.05) is 6.08 Å². The number of carbonyl (C=O) groups excluding carboxylic acids is 1. The van der Waals surface area contributed by atoms with Crippen LogP contribution in [0.1, 0.15) is 64.2 Å². The molecule has 11 N–H and O–H groups in total. The molecule has 3 heterocycles. The molecule has 0 amide bonds. The van der Waals surface area contributed by atoms with E-state index in [4.69, 9.17) is 28.4 Å². The maximum Gasteiger partial charge on any atom is 0.330 e. The van der Waals surface area contributed by atoms with Gasteiger partial charge in [0.05, 0.1) is 55.4 Å². The van der Waals surface area contributed by atoms with Crippen molar-refractivity contribution in [2.75, 3.05) is 13.2 Å². The number of esters is 1. The van der Waals surface area contributed by atoms with Crippen molar-refractivity contribution in [3.63, 3.8) is 0 Å². The summed E-state index contributed by atoms with van der Waals surface area (Å²) in [6.07, 6.45) is -14.6. The van der Waals surface area contributed by atoms with Gasteiger partial charge in [0.1, 0.15) is 55.4 Å². The van der Waals surface area contributed by atoms with E-state index < -0.39 is 135 Å². The van der Waals surface area contributed by atoms with E-state index in [9.17, 15) is 61.0 Å². The minimum absolute atomic E-state index is 0.0885. The van der Waals surface area contributed by atoms with E-state index in [1.54, 1.807) is 6.08 Å². The molecule has 3 saturated carbocycles. The third kappa shape index (κ3) is 9.63. The molecule has 0 spiro atoms. The first-order chi connectivity index (χ1) is 25.7. The highest BCUT2D eigenvalue weighted by Gasteiger charge is 2.54. The molecule has 54 heavy (non-hydrogen) atoms. The second kappa shape index (κ2) is 18.4. The second-order valence-corrected chi connectivity index (χ2v) is 16.0. The Balaban J connectivity index is 1.15. The van der Waals surface area contributed by atoms with Gasteiger partial charge in [0.15, 0.2) is 12.6 Å². The fourth-order valence-electron chi connectivity index (χ4n) is 8.96. The molecule has 6 rings (SSSR count). The Hall–Kier alpha value is -1.43. The van der Waals surface area contributed by atoms with Gasteiger partial charge in [-0.15, -0.1) is 0 Å². The summed E-state index contributed by atoms with van der Waals surface area (Å²) in [6.45, 7) is -1.15. The third-order valence-corrected chi connectivity index (χ3v) is 12.2. The molecular weight excluding hydrogens is 720 g/mol. The number of carbonyl (C=O) groups is 1. The van der Waals surface area contributed by atoms with Gasteiger partial charge < -0.3 is 84.6 Å². The lowest BCUT2D eigenvalue weighted by Crippen LogP contribution is -2.63. The van der Waals surface area contributed by atoms with Gasteiger partial charge in [-0.05, 0) is 69.6 Å². The average molecular weight is 779 g/mol. The Labute approximate surface area is 312 Å². The fraction of sp³-hybridized carbons (Fsp3) is 0.917. The van der Waals surface area contributed by atoms with Crippen molar-refractivity contribution in [1.82, 2.24) is 0 Å².